The van der Waals surface area contributed by atoms with Gasteiger partial charge < -0.3 is 24.4 Å². The van der Waals surface area contributed by atoms with E-state index in [1.165, 1.54) is 0 Å². The van der Waals surface area contributed by atoms with Crippen molar-refractivity contribution in [3.8, 4) is 11.5 Å². The molecular formula is C17H26N2O4. The van der Waals surface area contributed by atoms with Gasteiger partial charge in [0.2, 0.25) is 0 Å². The number of amides is 2. The van der Waals surface area contributed by atoms with E-state index in [9.17, 15) is 4.79 Å². The summed E-state index contributed by atoms with van der Waals surface area (Å²) in [4.78, 5) is 13.9. The predicted molar refractivity (Wildman–Crippen MR) is 88.0 cm³/mol. The highest BCUT2D eigenvalue weighted by Gasteiger charge is 2.25. The summed E-state index contributed by atoms with van der Waals surface area (Å²) in [6.45, 7) is 5.76. The number of hydrogen-bond donors (Lipinski definition) is 1. The number of hydrogen-bond acceptors (Lipinski definition) is 4. The maximum absolute atomic E-state index is 12.2. The fourth-order valence-corrected chi connectivity index (χ4v) is 2.57. The van der Waals surface area contributed by atoms with E-state index in [0.29, 0.717) is 24.6 Å². The molecule has 0 radical (unpaired) electrons. The Balaban J connectivity index is 1.91. The van der Waals surface area contributed by atoms with E-state index < -0.39 is 0 Å². The van der Waals surface area contributed by atoms with Crippen LogP contribution in [0.15, 0.2) is 18.2 Å². The van der Waals surface area contributed by atoms with Crippen LogP contribution in [0.1, 0.15) is 25.8 Å². The minimum atomic E-state index is -0.0639. The number of nitrogens with zero attached hydrogens (tertiary/aromatic N) is 1. The fourth-order valence-electron chi connectivity index (χ4n) is 2.57. The summed E-state index contributed by atoms with van der Waals surface area (Å²) in [6.07, 6.45) is 1.12. The molecule has 23 heavy (non-hydrogen) atoms. The first-order chi connectivity index (χ1) is 11.0. The van der Waals surface area contributed by atoms with Gasteiger partial charge >= 0.3 is 6.03 Å². The third-order valence-corrected chi connectivity index (χ3v) is 3.80. The lowest BCUT2D eigenvalue weighted by atomic mass is 10.2. The summed E-state index contributed by atoms with van der Waals surface area (Å²) in [7, 11) is 3.29. The van der Waals surface area contributed by atoms with E-state index in [2.05, 4.69) is 5.32 Å². The van der Waals surface area contributed by atoms with Crippen LogP contribution < -0.4 is 14.8 Å². The molecule has 128 valence electrons. The summed E-state index contributed by atoms with van der Waals surface area (Å²) in [5.74, 6) is 1.38. The number of nitrogens with one attached hydrogen (secondary N) is 1. The monoisotopic (exact) mass is 322 g/mol. The molecule has 0 aliphatic carbocycles. The lowest BCUT2D eigenvalue weighted by Gasteiger charge is -2.18. The van der Waals surface area contributed by atoms with Crippen LogP contribution in [0.4, 0.5) is 4.79 Å². The zero-order valence-corrected chi connectivity index (χ0v) is 14.3. The van der Waals surface area contributed by atoms with Crippen LogP contribution in [-0.4, -0.2) is 50.4 Å². The molecule has 1 atom stereocenters. The minimum Gasteiger partial charge on any atom is -0.493 e. The molecule has 0 saturated carbocycles. The second-order valence-corrected chi connectivity index (χ2v) is 5.90. The Morgan fingerprint density at radius 3 is 2.74 bits per heavy atom. The van der Waals surface area contributed by atoms with Gasteiger partial charge in [0.25, 0.3) is 0 Å². The highest BCUT2D eigenvalue weighted by molar-refractivity contribution is 5.74. The summed E-state index contributed by atoms with van der Waals surface area (Å²) in [5, 5.41) is 2.93. The Morgan fingerprint density at radius 2 is 2.13 bits per heavy atom. The van der Waals surface area contributed by atoms with Crippen LogP contribution in [0.5, 0.6) is 11.5 Å². The van der Waals surface area contributed by atoms with E-state index in [4.69, 9.17) is 14.2 Å². The second-order valence-electron chi connectivity index (χ2n) is 5.90. The number of methoxy groups -OCH3 is 2. The summed E-state index contributed by atoms with van der Waals surface area (Å²) < 4.78 is 16.3. The van der Waals surface area contributed by atoms with Gasteiger partial charge in [-0.25, -0.2) is 4.79 Å². The van der Waals surface area contributed by atoms with Crippen molar-refractivity contribution in [1.82, 2.24) is 10.2 Å². The molecule has 0 bridgehead atoms. The molecule has 1 aliphatic heterocycles. The Kier molecular flexibility index (Phi) is 6.10. The van der Waals surface area contributed by atoms with E-state index in [0.717, 1.165) is 18.5 Å². The van der Waals surface area contributed by atoms with Crippen molar-refractivity contribution < 1.29 is 19.0 Å². The fraction of sp³-hybridized carbons (Fsp3) is 0.588. The highest BCUT2D eigenvalue weighted by atomic mass is 16.5. The molecule has 6 heteroatoms. The zero-order valence-electron chi connectivity index (χ0n) is 14.3. The smallest absolute Gasteiger partial charge is 0.317 e. The van der Waals surface area contributed by atoms with Gasteiger partial charge in [-0.1, -0.05) is 6.07 Å². The first kappa shape index (κ1) is 17.4. The van der Waals surface area contributed by atoms with Gasteiger partial charge in [0.05, 0.1) is 19.3 Å². The topological polar surface area (TPSA) is 60.0 Å². The van der Waals surface area contributed by atoms with Gasteiger partial charge in [-0.2, -0.15) is 0 Å². The third kappa shape index (κ3) is 4.76. The van der Waals surface area contributed by atoms with E-state index in [1.807, 2.05) is 32.0 Å². The summed E-state index contributed by atoms with van der Waals surface area (Å²) >= 11 is 0. The maximum Gasteiger partial charge on any atom is 0.317 e. The van der Waals surface area contributed by atoms with Crippen molar-refractivity contribution in [1.29, 1.82) is 0 Å². The van der Waals surface area contributed by atoms with Crippen LogP contribution in [0.3, 0.4) is 0 Å². The van der Waals surface area contributed by atoms with E-state index >= 15 is 0 Å². The van der Waals surface area contributed by atoms with Crippen molar-refractivity contribution in [2.75, 3.05) is 27.3 Å². The first-order valence-electron chi connectivity index (χ1n) is 7.92. The molecule has 1 heterocycles. The van der Waals surface area contributed by atoms with Crippen molar-refractivity contribution in [3.63, 3.8) is 0 Å². The van der Waals surface area contributed by atoms with Gasteiger partial charge in [-0.3, -0.25) is 0 Å². The van der Waals surface area contributed by atoms with Gasteiger partial charge in [-0.05, 0) is 38.0 Å². The number of rotatable bonds is 6. The van der Waals surface area contributed by atoms with Crippen LogP contribution >= 0.6 is 0 Å². The molecule has 1 fully saturated rings. The van der Waals surface area contributed by atoms with E-state index in [-0.39, 0.29) is 18.2 Å². The van der Waals surface area contributed by atoms with Crippen molar-refractivity contribution in [2.24, 2.45) is 0 Å². The quantitative estimate of drug-likeness (QED) is 0.874. The molecular weight excluding hydrogens is 296 g/mol. The Bertz CT molecular complexity index is 533. The first-order valence-corrected chi connectivity index (χ1v) is 7.92. The normalized spacial score (nSPS) is 17.4. The largest absolute Gasteiger partial charge is 0.493 e. The average molecular weight is 322 g/mol. The molecule has 2 rings (SSSR count). The summed E-state index contributed by atoms with van der Waals surface area (Å²) in [6, 6.07) is 5.63. The van der Waals surface area contributed by atoms with E-state index in [1.54, 1.807) is 19.1 Å². The van der Waals surface area contributed by atoms with Gasteiger partial charge in [0, 0.05) is 26.7 Å². The maximum atomic E-state index is 12.2. The number of benzene rings is 1. The second kappa shape index (κ2) is 8.06. The van der Waals surface area contributed by atoms with Crippen molar-refractivity contribution in [3.05, 3.63) is 23.8 Å². The van der Waals surface area contributed by atoms with Crippen LogP contribution in [-0.2, 0) is 11.3 Å². The standard InChI is InChI=1S/C17H26N2O4/c1-12(2)23-15-6-5-13(9-16(15)22-4)10-18-17(20)19-8-7-14(11-19)21-3/h5-6,9,12,14H,7-8,10-11H2,1-4H3,(H,18,20)/t14-/m0/s1. The molecule has 0 aromatic heterocycles. The van der Waals surface area contributed by atoms with Crippen LogP contribution in [0, 0.1) is 0 Å². The van der Waals surface area contributed by atoms with Gasteiger partial charge in [-0.15, -0.1) is 0 Å². The number of carbonyl (C=O) groups is 1. The number of likely N-dealkylation sites (tertiary alicyclic amines) is 1. The van der Waals surface area contributed by atoms with Crippen LogP contribution in [0.2, 0.25) is 0 Å². The SMILES string of the molecule is COc1cc(CNC(=O)N2CC[C@H](OC)C2)ccc1OC(C)C. The average Bonchev–Trinajstić information content (AvgIpc) is 3.02. The van der Waals surface area contributed by atoms with Gasteiger partial charge in [0.1, 0.15) is 0 Å². The Morgan fingerprint density at radius 1 is 1.35 bits per heavy atom. The Labute approximate surface area is 137 Å². The lowest BCUT2D eigenvalue weighted by Crippen LogP contribution is -2.38. The van der Waals surface area contributed by atoms with Gasteiger partial charge in [0.15, 0.2) is 11.5 Å². The molecule has 2 amide bonds. The lowest BCUT2D eigenvalue weighted by molar-refractivity contribution is 0.110. The number of carbonyl (C=O) groups excluding carboxylic acids is 1. The van der Waals surface area contributed by atoms with Crippen LogP contribution in [0.25, 0.3) is 0 Å². The van der Waals surface area contributed by atoms with Crippen molar-refractivity contribution >= 4 is 6.03 Å². The van der Waals surface area contributed by atoms with Crippen molar-refractivity contribution in [2.45, 2.75) is 39.0 Å². The molecule has 1 aromatic rings. The molecule has 1 aliphatic rings. The molecule has 1 aromatic carbocycles. The molecule has 1 N–H and O–H groups in total. The Hall–Kier alpha value is -1.95. The minimum absolute atomic E-state index is 0.0639. The molecule has 0 spiro atoms. The predicted octanol–water partition coefficient (Wildman–Crippen LogP) is 2.41. The molecule has 0 unspecified atom stereocenters. The summed E-state index contributed by atoms with van der Waals surface area (Å²) in [5.41, 5.74) is 0.966. The number of ether oxygens (including phenoxy) is 3. The zero-order chi connectivity index (χ0) is 16.8. The molecule has 6 nitrogen and oxygen atoms in total. The molecule has 1 saturated heterocycles. The number of urea groups is 1. The third-order valence-electron chi connectivity index (χ3n) is 3.80. The highest BCUT2D eigenvalue weighted by Crippen LogP contribution is 2.29.